The average molecular weight is 335 g/mol. The van der Waals surface area contributed by atoms with Crippen LogP contribution in [-0.4, -0.2) is 37.7 Å². The zero-order valence-electron chi connectivity index (χ0n) is 13.0. The largest absolute Gasteiger partial charge is 0.469 e. The molecule has 128 valence electrons. The van der Waals surface area contributed by atoms with Gasteiger partial charge in [0.2, 0.25) is 0 Å². The van der Waals surface area contributed by atoms with Crippen LogP contribution >= 0.6 is 0 Å². The number of hydrogen-bond acceptors (Lipinski definition) is 7. The Kier molecular flexibility index (Phi) is 8.34. The van der Waals surface area contributed by atoms with E-state index in [2.05, 4.69) is 14.9 Å². The highest BCUT2D eigenvalue weighted by Crippen LogP contribution is 2.02. The summed E-state index contributed by atoms with van der Waals surface area (Å²) in [5, 5.41) is 10.6. The smallest absolute Gasteiger partial charge is 0.408 e. The lowest BCUT2D eigenvalue weighted by Crippen LogP contribution is -2.48. The van der Waals surface area contributed by atoms with Crippen molar-refractivity contribution in [3.05, 3.63) is 35.9 Å². The topological polar surface area (TPSA) is 127 Å². The first kappa shape index (κ1) is 18.9. The van der Waals surface area contributed by atoms with E-state index in [4.69, 9.17) is 10.00 Å². The van der Waals surface area contributed by atoms with Crippen molar-refractivity contribution in [1.82, 2.24) is 10.8 Å². The zero-order chi connectivity index (χ0) is 17.8. The molecule has 9 nitrogen and oxygen atoms in total. The van der Waals surface area contributed by atoms with Crippen molar-refractivity contribution >= 4 is 18.0 Å². The van der Waals surface area contributed by atoms with Crippen LogP contribution < -0.4 is 10.8 Å². The van der Waals surface area contributed by atoms with Gasteiger partial charge in [-0.25, -0.2) is 10.3 Å². The molecule has 1 aromatic carbocycles. The molecule has 0 heterocycles. The minimum absolute atomic E-state index is 0.00414. The lowest BCUT2D eigenvalue weighted by Gasteiger charge is -2.16. The quantitative estimate of drug-likeness (QED) is 0.400. The Morgan fingerprint density at radius 3 is 2.58 bits per heavy atom. The van der Waals surface area contributed by atoms with Gasteiger partial charge in [-0.3, -0.25) is 14.4 Å². The Labute approximate surface area is 138 Å². The Balaban J connectivity index is 2.55. The van der Waals surface area contributed by atoms with Crippen LogP contribution in [0.5, 0.6) is 0 Å². The van der Waals surface area contributed by atoms with Crippen molar-refractivity contribution in [2.24, 2.45) is 0 Å². The lowest BCUT2D eigenvalue weighted by molar-refractivity contribution is -0.145. The van der Waals surface area contributed by atoms with Crippen LogP contribution in [0.4, 0.5) is 4.79 Å². The standard InChI is InChI=1S/C15H17N3O6/c1-22-13(19)9-12(14(20)18-24-8-7-16)17-15(21)23-10-11-5-3-2-4-6-11/h2-6,12H,8-10H2,1H3,(H,17,21)(H,18,20)/t12-/m0/s1. The number of hydrogen-bond donors (Lipinski definition) is 2. The molecular weight excluding hydrogens is 318 g/mol. The first-order valence-corrected chi connectivity index (χ1v) is 6.89. The summed E-state index contributed by atoms with van der Waals surface area (Å²) in [4.78, 5) is 39.5. The van der Waals surface area contributed by atoms with E-state index in [0.29, 0.717) is 0 Å². The fourth-order valence-electron chi connectivity index (χ4n) is 1.58. The fraction of sp³-hybridized carbons (Fsp3) is 0.333. The van der Waals surface area contributed by atoms with Crippen LogP contribution in [-0.2, 0) is 30.5 Å². The van der Waals surface area contributed by atoms with Gasteiger partial charge in [-0.15, -0.1) is 0 Å². The average Bonchev–Trinajstić information content (AvgIpc) is 2.60. The third kappa shape index (κ3) is 7.24. The minimum Gasteiger partial charge on any atom is -0.469 e. The van der Waals surface area contributed by atoms with Crippen LogP contribution in [0.2, 0.25) is 0 Å². The number of ether oxygens (including phenoxy) is 2. The highest BCUT2D eigenvalue weighted by molar-refractivity contribution is 5.88. The van der Waals surface area contributed by atoms with E-state index in [9.17, 15) is 14.4 Å². The Bertz CT molecular complexity index is 599. The highest BCUT2D eigenvalue weighted by atomic mass is 16.6. The number of carbonyl (C=O) groups is 3. The number of esters is 1. The number of alkyl carbamates (subject to hydrolysis) is 1. The number of nitrogens with zero attached hydrogens (tertiary/aromatic N) is 1. The van der Waals surface area contributed by atoms with Gasteiger partial charge in [-0.2, -0.15) is 5.26 Å². The molecule has 0 fully saturated rings. The summed E-state index contributed by atoms with van der Waals surface area (Å²) in [5.74, 6) is -1.52. The molecule has 2 N–H and O–H groups in total. The lowest BCUT2D eigenvalue weighted by atomic mass is 10.2. The summed E-state index contributed by atoms with van der Waals surface area (Å²) in [5.41, 5.74) is 2.72. The maximum Gasteiger partial charge on any atom is 0.408 e. The second-order valence-corrected chi connectivity index (χ2v) is 4.45. The summed E-state index contributed by atoms with van der Waals surface area (Å²) in [6, 6.07) is 9.32. The van der Waals surface area contributed by atoms with Crippen LogP contribution in [0.15, 0.2) is 30.3 Å². The van der Waals surface area contributed by atoms with Crippen molar-refractivity contribution in [2.75, 3.05) is 13.7 Å². The van der Waals surface area contributed by atoms with E-state index >= 15 is 0 Å². The molecule has 0 radical (unpaired) electrons. The molecule has 0 unspecified atom stereocenters. The maximum absolute atomic E-state index is 11.9. The van der Waals surface area contributed by atoms with Gasteiger partial charge >= 0.3 is 12.1 Å². The van der Waals surface area contributed by atoms with Gasteiger partial charge < -0.3 is 14.8 Å². The Morgan fingerprint density at radius 1 is 1.25 bits per heavy atom. The third-order valence-corrected chi connectivity index (χ3v) is 2.73. The molecular formula is C15H17N3O6. The number of hydroxylamine groups is 1. The number of carbonyl (C=O) groups excluding carboxylic acids is 3. The number of amides is 2. The van der Waals surface area contributed by atoms with Crippen LogP contribution in [0.25, 0.3) is 0 Å². The summed E-state index contributed by atoms with van der Waals surface area (Å²) >= 11 is 0. The molecule has 1 aromatic rings. The summed E-state index contributed by atoms with van der Waals surface area (Å²) in [6.07, 6.45) is -1.30. The first-order chi connectivity index (χ1) is 11.6. The molecule has 1 rings (SSSR count). The molecule has 9 heteroatoms. The number of methoxy groups -OCH3 is 1. The molecule has 0 aliphatic carbocycles. The second-order valence-electron chi connectivity index (χ2n) is 4.45. The molecule has 0 aliphatic rings. The Hall–Kier alpha value is -3.12. The molecule has 0 aromatic heterocycles. The zero-order valence-corrected chi connectivity index (χ0v) is 13.0. The van der Waals surface area contributed by atoms with Crippen LogP contribution in [0.1, 0.15) is 12.0 Å². The van der Waals surface area contributed by atoms with E-state index in [0.717, 1.165) is 12.7 Å². The van der Waals surface area contributed by atoms with Gasteiger partial charge in [0.25, 0.3) is 5.91 Å². The molecule has 0 saturated heterocycles. The molecule has 1 atom stereocenters. The molecule has 24 heavy (non-hydrogen) atoms. The van der Waals surface area contributed by atoms with Crippen molar-refractivity contribution < 1.29 is 28.7 Å². The van der Waals surface area contributed by atoms with Crippen molar-refractivity contribution in [2.45, 2.75) is 19.1 Å². The second kappa shape index (κ2) is 10.6. The summed E-state index contributed by atoms with van der Waals surface area (Å²) in [7, 11) is 1.15. The van der Waals surface area contributed by atoms with Crippen molar-refractivity contribution in [1.29, 1.82) is 5.26 Å². The van der Waals surface area contributed by atoms with E-state index in [-0.39, 0.29) is 13.2 Å². The Morgan fingerprint density at radius 2 is 1.96 bits per heavy atom. The van der Waals surface area contributed by atoms with Gasteiger partial charge in [0, 0.05) is 0 Å². The van der Waals surface area contributed by atoms with Crippen LogP contribution in [0, 0.1) is 11.3 Å². The van der Waals surface area contributed by atoms with Crippen molar-refractivity contribution in [3.8, 4) is 6.07 Å². The molecule has 0 bridgehead atoms. The number of benzene rings is 1. The predicted octanol–water partition coefficient (Wildman–Crippen LogP) is 0.416. The molecule has 0 spiro atoms. The highest BCUT2D eigenvalue weighted by Gasteiger charge is 2.25. The van der Waals surface area contributed by atoms with E-state index in [1.165, 1.54) is 0 Å². The van der Waals surface area contributed by atoms with Crippen molar-refractivity contribution in [3.63, 3.8) is 0 Å². The van der Waals surface area contributed by atoms with Gasteiger partial charge in [0.15, 0.2) is 6.61 Å². The van der Waals surface area contributed by atoms with E-state index in [1.54, 1.807) is 30.3 Å². The normalized spacial score (nSPS) is 10.8. The molecule has 2 amide bonds. The summed E-state index contributed by atoms with van der Waals surface area (Å²) in [6.45, 7) is -0.376. The van der Waals surface area contributed by atoms with E-state index < -0.39 is 30.4 Å². The first-order valence-electron chi connectivity index (χ1n) is 6.89. The predicted molar refractivity (Wildman–Crippen MR) is 79.9 cm³/mol. The molecule has 0 aliphatic heterocycles. The number of nitrogens with one attached hydrogen (secondary N) is 2. The fourth-order valence-corrected chi connectivity index (χ4v) is 1.58. The van der Waals surface area contributed by atoms with Gasteiger partial charge in [0.1, 0.15) is 12.6 Å². The summed E-state index contributed by atoms with van der Waals surface area (Å²) < 4.78 is 9.44. The van der Waals surface area contributed by atoms with Gasteiger partial charge in [0.05, 0.1) is 19.6 Å². The maximum atomic E-state index is 11.9. The van der Waals surface area contributed by atoms with Crippen LogP contribution in [0.3, 0.4) is 0 Å². The number of nitriles is 1. The van der Waals surface area contributed by atoms with Gasteiger partial charge in [-0.1, -0.05) is 30.3 Å². The molecule has 0 saturated carbocycles. The van der Waals surface area contributed by atoms with E-state index in [1.807, 2.05) is 11.5 Å². The third-order valence-electron chi connectivity index (χ3n) is 2.73. The SMILES string of the molecule is COC(=O)C[C@H](NC(=O)OCc1ccccc1)C(=O)NOCC#N. The monoisotopic (exact) mass is 335 g/mol. The van der Waals surface area contributed by atoms with Gasteiger partial charge in [-0.05, 0) is 5.56 Å². The number of rotatable bonds is 8. The minimum atomic E-state index is -1.26.